The number of tetrazole rings is 1. The van der Waals surface area contributed by atoms with Gasteiger partial charge in [0.15, 0.2) is 0 Å². The predicted octanol–water partition coefficient (Wildman–Crippen LogP) is 2.89. The topological polar surface area (TPSA) is 63.9 Å². The first-order valence-corrected chi connectivity index (χ1v) is 8.72. The van der Waals surface area contributed by atoms with Crippen LogP contribution >= 0.6 is 11.8 Å². The number of amides is 1. The van der Waals surface area contributed by atoms with Crippen molar-refractivity contribution in [1.29, 1.82) is 0 Å². The summed E-state index contributed by atoms with van der Waals surface area (Å²) in [5.41, 5.74) is 2.95. The SMILES string of the molecule is Cc1ccc(-n2nnnc2SC(C(=O)N(C)C)c2ccccc2)cc1. The van der Waals surface area contributed by atoms with Gasteiger partial charge in [-0.1, -0.05) is 59.8 Å². The molecule has 6 nitrogen and oxygen atoms in total. The molecule has 25 heavy (non-hydrogen) atoms. The van der Waals surface area contributed by atoms with Crippen LogP contribution in [0.1, 0.15) is 16.4 Å². The van der Waals surface area contributed by atoms with Gasteiger partial charge in [0.2, 0.25) is 11.1 Å². The van der Waals surface area contributed by atoms with Crippen molar-refractivity contribution in [3.8, 4) is 5.69 Å². The highest BCUT2D eigenvalue weighted by atomic mass is 32.2. The summed E-state index contributed by atoms with van der Waals surface area (Å²) in [5, 5.41) is 12.1. The van der Waals surface area contributed by atoms with Gasteiger partial charge < -0.3 is 4.90 Å². The van der Waals surface area contributed by atoms with Crippen LogP contribution in [-0.2, 0) is 4.79 Å². The molecule has 2 aromatic carbocycles. The number of likely N-dealkylation sites (N-methyl/N-ethyl adjacent to an activating group) is 1. The normalized spacial score (nSPS) is 12.0. The van der Waals surface area contributed by atoms with Crippen LogP contribution in [0.2, 0.25) is 0 Å². The van der Waals surface area contributed by atoms with Crippen molar-refractivity contribution in [2.45, 2.75) is 17.3 Å². The fourth-order valence-corrected chi connectivity index (χ4v) is 3.47. The minimum Gasteiger partial charge on any atom is -0.348 e. The van der Waals surface area contributed by atoms with E-state index >= 15 is 0 Å². The summed E-state index contributed by atoms with van der Waals surface area (Å²) in [4.78, 5) is 14.3. The highest BCUT2D eigenvalue weighted by Gasteiger charge is 2.26. The van der Waals surface area contributed by atoms with E-state index in [2.05, 4.69) is 15.5 Å². The lowest BCUT2D eigenvalue weighted by molar-refractivity contribution is -0.128. The lowest BCUT2D eigenvalue weighted by Gasteiger charge is -2.20. The van der Waals surface area contributed by atoms with Crippen LogP contribution in [0, 0.1) is 6.92 Å². The van der Waals surface area contributed by atoms with Crippen LogP contribution in [0.4, 0.5) is 0 Å². The first kappa shape index (κ1) is 17.2. The molecule has 0 radical (unpaired) electrons. The summed E-state index contributed by atoms with van der Waals surface area (Å²) in [5.74, 6) is -0.00495. The zero-order valence-corrected chi connectivity index (χ0v) is 15.1. The zero-order chi connectivity index (χ0) is 17.8. The number of aromatic nitrogens is 4. The molecule has 0 aliphatic rings. The number of hydrogen-bond donors (Lipinski definition) is 0. The van der Waals surface area contributed by atoms with Crippen LogP contribution in [-0.4, -0.2) is 45.1 Å². The molecule has 0 saturated heterocycles. The molecule has 0 aliphatic heterocycles. The Morgan fingerprint density at radius 1 is 1.08 bits per heavy atom. The Balaban J connectivity index is 1.95. The largest absolute Gasteiger partial charge is 0.348 e. The van der Waals surface area contributed by atoms with E-state index in [1.165, 1.54) is 11.8 Å². The number of benzene rings is 2. The maximum Gasteiger partial charge on any atom is 0.240 e. The molecule has 1 amide bonds. The van der Waals surface area contributed by atoms with Gasteiger partial charge in [-0.15, -0.1) is 5.10 Å². The Morgan fingerprint density at radius 3 is 2.40 bits per heavy atom. The van der Waals surface area contributed by atoms with E-state index in [-0.39, 0.29) is 5.91 Å². The quantitative estimate of drug-likeness (QED) is 0.660. The maximum atomic E-state index is 12.7. The Hall–Kier alpha value is -2.67. The molecule has 1 atom stereocenters. The number of rotatable bonds is 5. The average molecular weight is 353 g/mol. The van der Waals surface area contributed by atoms with Gasteiger partial charge in [-0.3, -0.25) is 4.79 Å². The number of nitrogens with zero attached hydrogens (tertiary/aromatic N) is 5. The third-order valence-corrected chi connectivity index (χ3v) is 4.88. The van der Waals surface area contributed by atoms with Crippen molar-refractivity contribution < 1.29 is 4.79 Å². The standard InChI is InChI=1S/C18H19N5OS/c1-13-9-11-15(12-10-13)23-18(19-20-21-23)25-16(17(24)22(2)3)14-7-5-4-6-8-14/h4-12,16H,1-3H3. The number of thioether (sulfide) groups is 1. The molecular weight excluding hydrogens is 334 g/mol. The molecule has 3 aromatic rings. The lowest BCUT2D eigenvalue weighted by atomic mass is 10.1. The lowest BCUT2D eigenvalue weighted by Crippen LogP contribution is -2.27. The molecule has 0 saturated carbocycles. The Kier molecular flexibility index (Phi) is 5.14. The smallest absolute Gasteiger partial charge is 0.240 e. The Bertz CT molecular complexity index is 845. The first-order valence-electron chi connectivity index (χ1n) is 7.84. The number of carbonyl (C=O) groups excluding carboxylic acids is 1. The molecule has 0 N–H and O–H groups in total. The number of aryl methyl sites for hydroxylation is 1. The average Bonchev–Trinajstić information content (AvgIpc) is 3.08. The number of carbonyl (C=O) groups is 1. The van der Waals surface area contributed by atoms with E-state index in [1.807, 2.05) is 61.5 Å². The molecule has 1 unspecified atom stereocenters. The maximum absolute atomic E-state index is 12.7. The van der Waals surface area contributed by atoms with Gasteiger partial charge in [-0.25, -0.2) is 0 Å². The van der Waals surface area contributed by atoms with Crippen LogP contribution in [0.3, 0.4) is 0 Å². The van der Waals surface area contributed by atoms with Gasteiger partial charge in [-0.2, -0.15) is 4.68 Å². The molecule has 0 spiro atoms. The molecule has 0 fully saturated rings. The summed E-state index contributed by atoms with van der Waals surface area (Å²) >= 11 is 1.35. The van der Waals surface area contributed by atoms with Gasteiger partial charge >= 0.3 is 0 Å². The molecule has 3 rings (SSSR count). The van der Waals surface area contributed by atoms with Gasteiger partial charge in [0.25, 0.3) is 0 Å². The van der Waals surface area contributed by atoms with Crippen LogP contribution in [0.25, 0.3) is 5.69 Å². The van der Waals surface area contributed by atoms with Gasteiger partial charge in [0.1, 0.15) is 5.25 Å². The molecule has 1 aromatic heterocycles. The molecule has 7 heteroatoms. The molecule has 0 aliphatic carbocycles. The first-order chi connectivity index (χ1) is 12.1. The number of hydrogen-bond acceptors (Lipinski definition) is 5. The monoisotopic (exact) mass is 353 g/mol. The highest BCUT2D eigenvalue weighted by Crippen LogP contribution is 2.35. The molecule has 1 heterocycles. The third-order valence-electron chi connectivity index (χ3n) is 3.71. The molecule has 0 bridgehead atoms. The van der Waals surface area contributed by atoms with Crippen molar-refractivity contribution in [3.05, 3.63) is 65.7 Å². The van der Waals surface area contributed by atoms with Crippen LogP contribution < -0.4 is 0 Å². The van der Waals surface area contributed by atoms with Gasteiger partial charge in [0.05, 0.1) is 5.69 Å². The summed E-state index contributed by atoms with van der Waals surface area (Å²) in [6.45, 7) is 2.03. The van der Waals surface area contributed by atoms with E-state index in [0.29, 0.717) is 5.16 Å². The minimum absolute atomic E-state index is 0.00495. The summed E-state index contributed by atoms with van der Waals surface area (Å²) < 4.78 is 1.66. The second-order valence-electron chi connectivity index (χ2n) is 5.85. The van der Waals surface area contributed by atoms with E-state index < -0.39 is 5.25 Å². The fraction of sp³-hybridized carbons (Fsp3) is 0.222. The third kappa shape index (κ3) is 3.88. The van der Waals surface area contributed by atoms with Crippen molar-refractivity contribution in [2.24, 2.45) is 0 Å². The summed E-state index contributed by atoms with van der Waals surface area (Å²) in [6.07, 6.45) is 0. The van der Waals surface area contributed by atoms with Gasteiger partial charge in [-0.05, 0) is 35.0 Å². The van der Waals surface area contributed by atoms with Crippen molar-refractivity contribution in [2.75, 3.05) is 14.1 Å². The summed E-state index contributed by atoms with van der Waals surface area (Å²) in [7, 11) is 3.50. The van der Waals surface area contributed by atoms with Crippen LogP contribution in [0.5, 0.6) is 0 Å². The molecule has 128 valence electrons. The fourth-order valence-electron chi connectivity index (χ4n) is 2.33. The Labute approximate surface area is 150 Å². The second-order valence-corrected chi connectivity index (χ2v) is 6.92. The van der Waals surface area contributed by atoms with E-state index in [1.54, 1.807) is 23.7 Å². The predicted molar refractivity (Wildman–Crippen MR) is 97.6 cm³/mol. The van der Waals surface area contributed by atoms with Crippen molar-refractivity contribution in [1.82, 2.24) is 25.1 Å². The Morgan fingerprint density at radius 2 is 1.76 bits per heavy atom. The second kappa shape index (κ2) is 7.48. The molecular formula is C18H19N5OS. The zero-order valence-electron chi connectivity index (χ0n) is 14.3. The van der Waals surface area contributed by atoms with E-state index in [9.17, 15) is 4.79 Å². The highest BCUT2D eigenvalue weighted by molar-refractivity contribution is 8.00. The van der Waals surface area contributed by atoms with E-state index in [0.717, 1.165) is 16.8 Å². The van der Waals surface area contributed by atoms with Crippen LogP contribution in [0.15, 0.2) is 59.8 Å². The van der Waals surface area contributed by atoms with Crippen molar-refractivity contribution >= 4 is 17.7 Å². The van der Waals surface area contributed by atoms with Crippen molar-refractivity contribution in [3.63, 3.8) is 0 Å². The summed E-state index contributed by atoms with van der Waals surface area (Å²) in [6, 6.07) is 17.6. The van der Waals surface area contributed by atoms with Gasteiger partial charge in [0, 0.05) is 14.1 Å². The van der Waals surface area contributed by atoms with E-state index in [4.69, 9.17) is 0 Å². The minimum atomic E-state index is -0.411.